The Labute approximate surface area is 129 Å². The molecule has 0 amide bonds. The Morgan fingerprint density at radius 1 is 0.955 bits per heavy atom. The van der Waals surface area contributed by atoms with Gasteiger partial charge in [0.2, 0.25) is 0 Å². The maximum atomic E-state index is 11.8. The molecule has 0 bridgehead atoms. The molecule has 2 N–H and O–H groups in total. The van der Waals surface area contributed by atoms with Gasteiger partial charge in [-0.15, -0.1) is 0 Å². The largest absolute Gasteiger partial charge is 0.354 e. The van der Waals surface area contributed by atoms with Crippen LogP contribution in [0.2, 0.25) is 0 Å². The number of rotatable bonds is 3. The Bertz CT molecular complexity index is 949. The summed E-state index contributed by atoms with van der Waals surface area (Å²) in [6, 6.07) is 18.1. The highest BCUT2D eigenvalue weighted by atomic mass is 32.2. The minimum atomic E-state index is -4.35. The number of nitrogens with one attached hydrogen (secondary N) is 1. The second-order valence-electron chi connectivity index (χ2n) is 5.13. The summed E-state index contributed by atoms with van der Waals surface area (Å²) < 4.78 is 33.3. The van der Waals surface area contributed by atoms with Crippen molar-refractivity contribution >= 4 is 32.3 Å². The summed E-state index contributed by atoms with van der Waals surface area (Å²) in [6.45, 7) is 1.95. The van der Waals surface area contributed by atoms with Crippen LogP contribution in [0.4, 0.5) is 11.4 Å². The lowest BCUT2D eigenvalue weighted by molar-refractivity contribution is 0.484. The van der Waals surface area contributed by atoms with E-state index in [2.05, 4.69) is 5.32 Å². The molecule has 3 aromatic rings. The maximum absolute atomic E-state index is 11.8. The van der Waals surface area contributed by atoms with E-state index >= 15 is 0 Å². The molecule has 0 radical (unpaired) electrons. The van der Waals surface area contributed by atoms with Gasteiger partial charge in [0.25, 0.3) is 10.1 Å². The summed E-state index contributed by atoms with van der Waals surface area (Å²) in [5.41, 5.74) is 2.17. The molecular weight excluding hydrogens is 298 g/mol. The zero-order valence-electron chi connectivity index (χ0n) is 11.9. The molecule has 5 heteroatoms. The number of anilines is 2. The van der Waals surface area contributed by atoms with Crippen molar-refractivity contribution in [2.45, 2.75) is 11.8 Å². The summed E-state index contributed by atoms with van der Waals surface area (Å²) in [5, 5.41) is 4.32. The van der Waals surface area contributed by atoms with E-state index < -0.39 is 10.1 Å². The fourth-order valence-corrected chi connectivity index (χ4v) is 3.36. The molecule has 0 aliphatic carbocycles. The van der Waals surface area contributed by atoms with Gasteiger partial charge in [-0.25, -0.2) is 0 Å². The van der Waals surface area contributed by atoms with Crippen molar-refractivity contribution in [3.05, 3.63) is 66.2 Å². The van der Waals surface area contributed by atoms with Crippen molar-refractivity contribution in [3.63, 3.8) is 0 Å². The van der Waals surface area contributed by atoms with Crippen molar-refractivity contribution in [2.75, 3.05) is 5.32 Å². The number of hydrogen-bond donors (Lipinski definition) is 2. The zero-order valence-corrected chi connectivity index (χ0v) is 12.8. The SMILES string of the molecule is Cc1cccc(Nc2ccc3ccccc3c2S(=O)(=O)O)c1. The summed E-state index contributed by atoms with van der Waals surface area (Å²) in [4.78, 5) is -0.105. The van der Waals surface area contributed by atoms with Gasteiger partial charge < -0.3 is 5.32 Å². The average Bonchev–Trinajstić information content (AvgIpc) is 2.45. The summed E-state index contributed by atoms with van der Waals surface area (Å²) in [5.74, 6) is 0. The van der Waals surface area contributed by atoms with Gasteiger partial charge in [-0.3, -0.25) is 4.55 Å². The Morgan fingerprint density at radius 2 is 1.73 bits per heavy atom. The van der Waals surface area contributed by atoms with E-state index in [-0.39, 0.29) is 4.90 Å². The standard InChI is InChI=1S/C17H15NO3S/c1-12-5-4-7-14(11-12)18-16-10-9-13-6-2-3-8-15(13)17(16)22(19,20)21/h2-11,18H,1H3,(H,19,20,21). The van der Waals surface area contributed by atoms with Gasteiger partial charge in [-0.2, -0.15) is 8.42 Å². The van der Waals surface area contributed by atoms with Crippen molar-refractivity contribution in [1.29, 1.82) is 0 Å². The molecule has 0 aromatic heterocycles. The molecule has 3 aromatic carbocycles. The van der Waals surface area contributed by atoms with Gasteiger partial charge in [0.05, 0.1) is 5.69 Å². The van der Waals surface area contributed by atoms with Crippen molar-refractivity contribution < 1.29 is 13.0 Å². The minimum Gasteiger partial charge on any atom is -0.354 e. The van der Waals surface area contributed by atoms with Crippen LogP contribution >= 0.6 is 0 Å². The molecule has 0 fully saturated rings. The van der Waals surface area contributed by atoms with Crippen LogP contribution in [0.15, 0.2) is 65.6 Å². The predicted octanol–water partition coefficient (Wildman–Crippen LogP) is 4.14. The maximum Gasteiger partial charge on any atom is 0.297 e. The highest BCUT2D eigenvalue weighted by Crippen LogP contribution is 2.32. The van der Waals surface area contributed by atoms with E-state index in [0.717, 1.165) is 16.6 Å². The molecule has 3 rings (SSSR count). The quantitative estimate of drug-likeness (QED) is 0.713. The first-order chi connectivity index (χ1) is 10.4. The summed E-state index contributed by atoms with van der Waals surface area (Å²) in [6.07, 6.45) is 0. The second kappa shape index (κ2) is 5.44. The van der Waals surface area contributed by atoms with Gasteiger partial charge in [-0.1, -0.05) is 42.5 Å². The van der Waals surface area contributed by atoms with Crippen LogP contribution in [0.5, 0.6) is 0 Å². The van der Waals surface area contributed by atoms with E-state index in [1.54, 1.807) is 24.3 Å². The summed E-state index contributed by atoms with van der Waals surface area (Å²) in [7, 11) is -4.35. The Balaban J connectivity index is 2.21. The molecular formula is C17H15NO3S. The lowest BCUT2D eigenvalue weighted by Crippen LogP contribution is -2.04. The predicted molar refractivity (Wildman–Crippen MR) is 88.2 cm³/mol. The molecule has 0 heterocycles. The van der Waals surface area contributed by atoms with Crippen molar-refractivity contribution in [2.24, 2.45) is 0 Å². The van der Waals surface area contributed by atoms with Gasteiger partial charge in [0.15, 0.2) is 0 Å². The Morgan fingerprint density at radius 3 is 2.45 bits per heavy atom. The third-order valence-electron chi connectivity index (χ3n) is 3.43. The van der Waals surface area contributed by atoms with Gasteiger partial charge in [0, 0.05) is 11.1 Å². The third-order valence-corrected chi connectivity index (χ3v) is 4.39. The number of fused-ring (bicyclic) bond motifs is 1. The number of aryl methyl sites for hydroxylation is 1. The molecule has 0 spiro atoms. The van der Waals surface area contributed by atoms with Gasteiger partial charge in [-0.05, 0) is 36.1 Å². The molecule has 0 atom stereocenters. The van der Waals surface area contributed by atoms with E-state index in [9.17, 15) is 13.0 Å². The van der Waals surface area contributed by atoms with Crippen LogP contribution in [0, 0.1) is 6.92 Å². The van der Waals surface area contributed by atoms with Crippen LogP contribution in [0.1, 0.15) is 5.56 Å². The minimum absolute atomic E-state index is 0.105. The van der Waals surface area contributed by atoms with E-state index in [0.29, 0.717) is 11.1 Å². The Hall–Kier alpha value is -2.37. The van der Waals surface area contributed by atoms with Crippen LogP contribution in [0.3, 0.4) is 0 Å². The molecule has 0 unspecified atom stereocenters. The molecule has 4 nitrogen and oxygen atoms in total. The topological polar surface area (TPSA) is 66.4 Å². The van der Waals surface area contributed by atoms with Crippen LogP contribution in [-0.2, 0) is 10.1 Å². The van der Waals surface area contributed by atoms with Crippen LogP contribution < -0.4 is 5.32 Å². The normalized spacial score (nSPS) is 11.5. The first-order valence-corrected chi connectivity index (χ1v) is 8.22. The molecule has 0 saturated heterocycles. The molecule has 0 saturated carbocycles. The smallest absolute Gasteiger partial charge is 0.297 e. The highest BCUT2D eigenvalue weighted by Gasteiger charge is 2.19. The van der Waals surface area contributed by atoms with E-state index in [4.69, 9.17) is 0 Å². The highest BCUT2D eigenvalue weighted by molar-refractivity contribution is 7.86. The fourth-order valence-electron chi connectivity index (χ4n) is 2.50. The molecule has 0 aliphatic rings. The fraction of sp³-hybridized carbons (Fsp3) is 0.0588. The van der Waals surface area contributed by atoms with E-state index in [1.807, 2.05) is 43.3 Å². The lowest BCUT2D eigenvalue weighted by Gasteiger charge is -2.13. The molecule has 112 valence electrons. The molecule has 0 aliphatic heterocycles. The number of benzene rings is 3. The van der Waals surface area contributed by atoms with Crippen molar-refractivity contribution in [1.82, 2.24) is 0 Å². The van der Waals surface area contributed by atoms with Gasteiger partial charge >= 0.3 is 0 Å². The number of hydrogen-bond acceptors (Lipinski definition) is 3. The monoisotopic (exact) mass is 313 g/mol. The van der Waals surface area contributed by atoms with Crippen LogP contribution in [-0.4, -0.2) is 13.0 Å². The lowest BCUT2D eigenvalue weighted by atomic mass is 10.1. The molecule has 22 heavy (non-hydrogen) atoms. The van der Waals surface area contributed by atoms with Gasteiger partial charge in [0.1, 0.15) is 4.90 Å². The zero-order chi connectivity index (χ0) is 15.7. The average molecular weight is 313 g/mol. The second-order valence-corrected chi connectivity index (χ2v) is 6.49. The Kier molecular flexibility index (Phi) is 3.60. The summed E-state index contributed by atoms with van der Waals surface area (Å²) >= 11 is 0. The first-order valence-electron chi connectivity index (χ1n) is 6.78. The first kappa shape index (κ1) is 14.6. The van der Waals surface area contributed by atoms with E-state index in [1.165, 1.54) is 0 Å². The van der Waals surface area contributed by atoms with Crippen LogP contribution in [0.25, 0.3) is 10.8 Å². The van der Waals surface area contributed by atoms with Crippen molar-refractivity contribution in [3.8, 4) is 0 Å². The third kappa shape index (κ3) is 2.81.